The van der Waals surface area contributed by atoms with Gasteiger partial charge in [-0.1, -0.05) is 30.3 Å². The Bertz CT molecular complexity index is 624. The molecule has 0 saturated heterocycles. The quantitative estimate of drug-likeness (QED) is 0.364. The number of ketones is 1. The molecule has 0 aliphatic carbocycles. The van der Waals surface area contributed by atoms with Crippen molar-refractivity contribution in [2.45, 2.75) is 13.5 Å². The number of pyridine rings is 1. The van der Waals surface area contributed by atoms with E-state index in [9.17, 15) is 14.9 Å². The Labute approximate surface area is 110 Å². The Morgan fingerprint density at radius 2 is 1.89 bits per heavy atom. The molecule has 0 fully saturated rings. The third-order valence-electron chi connectivity index (χ3n) is 2.86. The maximum Gasteiger partial charge on any atom is 0.332 e. The van der Waals surface area contributed by atoms with Crippen molar-refractivity contribution in [3.8, 4) is 0 Å². The Balaban J connectivity index is 2.26. The van der Waals surface area contributed by atoms with Gasteiger partial charge < -0.3 is 0 Å². The van der Waals surface area contributed by atoms with Crippen molar-refractivity contribution in [1.82, 2.24) is 0 Å². The number of Topliss-reactive ketones (excluding diaryl/α,β-unsaturated/α-hetero) is 1. The highest BCUT2D eigenvalue weighted by atomic mass is 16.6. The summed E-state index contributed by atoms with van der Waals surface area (Å²) in [5.41, 5.74) is 1.38. The van der Waals surface area contributed by atoms with Crippen LogP contribution in [0.1, 0.15) is 16.1 Å². The summed E-state index contributed by atoms with van der Waals surface area (Å²) in [4.78, 5) is 22.3. The number of aromatic nitrogens is 1. The number of nitro groups is 1. The van der Waals surface area contributed by atoms with Crippen LogP contribution in [0, 0.1) is 17.0 Å². The molecule has 0 radical (unpaired) electrons. The summed E-state index contributed by atoms with van der Waals surface area (Å²) in [7, 11) is 0. The van der Waals surface area contributed by atoms with Crippen LogP contribution in [-0.4, -0.2) is 10.7 Å². The van der Waals surface area contributed by atoms with E-state index in [0.29, 0.717) is 5.56 Å². The van der Waals surface area contributed by atoms with Crippen LogP contribution in [0.3, 0.4) is 0 Å². The van der Waals surface area contributed by atoms with Crippen LogP contribution >= 0.6 is 0 Å². The first-order valence-corrected chi connectivity index (χ1v) is 5.80. The van der Waals surface area contributed by atoms with Crippen LogP contribution in [-0.2, 0) is 6.54 Å². The molecule has 0 amide bonds. The lowest BCUT2D eigenvalue weighted by atomic mass is 10.1. The number of nitrogens with zero attached hydrogens (tertiary/aromatic N) is 2. The SMILES string of the molecule is Cc1ccc([N+](=O)[O-])c[n+]1CC(=O)c1ccccc1. The van der Waals surface area contributed by atoms with Gasteiger partial charge in [0, 0.05) is 24.6 Å². The molecule has 0 bridgehead atoms. The molecule has 0 N–H and O–H groups in total. The number of carbonyl (C=O) groups is 1. The molecule has 0 atom stereocenters. The van der Waals surface area contributed by atoms with Crippen LogP contribution in [0.25, 0.3) is 0 Å². The molecule has 0 aliphatic heterocycles. The summed E-state index contributed by atoms with van der Waals surface area (Å²) in [6.45, 7) is 1.90. The fourth-order valence-corrected chi connectivity index (χ4v) is 1.75. The fourth-order valence-electron chi connectivity index (χ4n) is 1.75. The van der Waals surface area contributed by atoms with Gasteiger partial charge >= 0.3 is 5.69 Å². The van der Waals surface area contributed by atoms with Gasteiger partial charge in [-0.15, -0.1) is 0 Å². The predicted molar refractivity (Wildman–Crippen MR) is 68.8 cm³/mol. The monoisotopic (exact) mass is 257 g/mol. The van der Waals surface area contributed by atoms with Crippen molar-refractivity contribution in [3.05, 3.63) is 70.0 Å². The van der Waals surface area contributed by atoms with Crippen molar-refractivity contribution in [3.63, 3.8) is 0 Å². The van der Waals surface area contributed by atoms with E-state index in [4.69, 9.17) is 0 Å². The van der Waals surface area contributed by atoms with E-state index >= 15 is 0 Å². The summed E-state index contributed by atoms with van der Waals surface area (Å²) in [6.07, 6.45) is 1.39. The Kier molecular flexibility index (Phi) is 3.66. The van der Waals surface area contributed by atoms with Gasteiger partial charge in [0.2, 0.25) is 18.5 Å². The van der Waals surface area contributed by atoms with Crippen molar-refractivity contribution in [1.29, 1.82) is 0 Å². The van der Waals surface area contributed by atoms with Crippen LogP contribution in [0.15, 0.2) is 48.7 Å². The zero-order chi connectivity index (χ0) is 13.8. The molecule has 1 aromatic carbocycles. The van der Waals surface area contributed by atoms with Gasteiger partial charge in [-0.25, -0.2) is 0 Å². The van der Waals surface area contributed by atoms with E-state index in [2.05, 4.69) is 0 Å². The number of hydrogen-bond acceptors (Lipinski definition) is 3. The van der Waals surface area contributed by atoms with E-state index < -0.39 is 4.92 Å². The molecule has 2 rings (SSSR count). The second-order valence-corrected chi connectivity index (χ2v) is 4.20. The number of aryl methyl sites for hydroxylation is 1. The average molecular weight is 257 g/mol. The molecule has 0 saturated carbocycles. The number of rotatable bonds is 4. The Morgan fingerprint density at radius 3 is 2.53 bits per heavy atom. The first-order chi connectivity index (χ1) is 9.08. The summed E-state index contributed by atoms with van der Waals surface area (Å²) in [6, 6.07) is 11.9. The molecule has 0 aliphatic rings. The molecule has 1 aromatic heterocycles. The van der Waals surface area contributed by atoms with Crippen molar-refractivity contribution < 1.29 is 14.3 Å². The van der Waals surface area contributed by atoms with Gasteiger partial charge in [-0.05, 0) is 0 Å². The standard InChI is InChI=1S/C14H13N2O3/c1-11-7-8-13(16(18)19)9-15(11)10-14(17)12-5-3-2-4-6-12/h2-9H,10H2,1H3/q+1. The first-order valence-electron chi connectivity index (χ1n) is 5.80. The molecule has 0 unspecified atom stereocenters. The van der Waals surface area contributed by atoms with Crippen molar-refractivity contribution in [2.24, 2.45) is 0 Å². The Morgan fingerprint density at radius 1 is 1.21 bits per heavy atom. The molecule has 2 aromatic rings. The second kappa shape index (κ2) is 5.39. The second-order valence-electron chi connectivity index (χ2n) is 4.20. The molecule has 96 valence electrons. The highest BCUT2D eigenvalue weighted by Crippen LogP contribution is 2.08. The normalized spacial score (nSPS) is 10.2. The average Bonchev–Trinajstić information content (AvgIpc) is 2.42. The van der Waals surface area contributed by atoms with Gasteiger partial charge in [-0.2, -0.15) is 4.57 Å². The first kappa shape index (κ1) is 12.9. The van der Waals surface area contributed by atoms with Crippen molar-refractivity contribution >= 4 is 11.5 Å². The molecule has 0 spiro atoms. The third-order valence-corrected chi connectivity index (χ3v) is 2.86. The number of hydrogen-bond donors (Lipinski definition) is 0. The maximum atomic E-state index is 12.1. The lowest BCUT2D eigenvalue weighted by Crippen LogP contribution is -2.40. The van der Waals surface area contributed by atoms with E-state index in [1.165, 1.54) is 12.3 Å². The van der Waals surface area contributed by atoms with Crippen LogP contribution in [0.4, 0.5) is 5.69 Å². The van der Waals surface area contributed by atoms with Gasteiger partial charge in [0.05, 0.1) is 4.92 Å². The maximum absolute atomic E-state index is 12.1. The lowest BCUT2D eigenvalue weighted by Gasteiger charge is -2.00. The van der Waals surface area contributed by atoms with Crippen LogP contribution in [0.5, 0.6) is 0 Å². The molecule has 5 nitrogen and oxygen atoms in total. The van der Waals surface area contributed by atoms with Gasteiger partial charge in [0.1, 0.15) is 0 Å². The van der Waals surface area contributed by atoms with Gasteiger partial charge in [0.25, 0.3) is 0 Å². The lowest BCUT2D eigenvalue weighted by molar-refractivity contribution is -0.691. The van der Waals surface area contributed by atoms with E-state index in [0.717, 1.165) is 5.69 Å². The van der Waals surface area contributed by atoms with Gasteiger partial charge in [-0.3, -0.25) is 14.9 Å². The molecular weight excluding hydrogens is 244 g/mol. The van der Waals surface area contributed by atoms with Crippen LogP contribution < -0.4 is 4.57 Å². The summed E-state index contributed by atoms with van der Waals surface area (Å²) >= 11 is 0. The number of benzene rings is 1. The third kappa shape index (κ3) is 3.01. The number of carbonyl (C=O) groups excluding carboxylic acids is 1. The summed E-state index contributed by atoms with van der Waals surface area (Å²) < 4.78 is 1.59. The minimum atomic E-state index is -0.469. The summed E-state index contributed by atoms with van der Waals surface area (Å²) in [5.74, 6) is -0.0748. The minimum Gasteiger partial charge on any atom is -0.287 e. The molecule has 1 heterocycles. The topological polar surface area (TPSA) is 64.1 Å². The molecule has 5 heteroatoms. The zero-order valence-electron chi connectivity index (χ0n) is 10.4. The molecular formula is C14H13N2O3+. The highest BCUT2D eigenvalue weighted by Gasteiger charge is 2.18. The smallest absolute Gasteiger partial charge is 0.287 e. The summed E-state index contributed by atoms with van der Waals surface area (Å²) in [5, 5.41) is 10.7. The Hall–Kier alpha value is -2.56. The largest absolute Gasteiger partial charge is 0.332 e. The van der Waals surface area contributed by atoms with E-state index in [1.807, 2.05) is 13.0 Å². The zero-order valence-corrected chi connectivity index (χ0v) is 10.4. The molecule has 19 heavy (non-hydrogen) atoms. The highest BCUT2D eigenvalue weighted by molar-refractivity contribution is 5.94. The van der Waals surface area contributed by atoms with E-state index in [1.54, 1.807) is 34.9 Å². The van der Waals surface area contributed by atoms with Crippen LogP contribution in [0.2, 0.25) is 0 Å². The predicted octanol–water partition coefficient (Wildman–Crippen LogP) is 2.07. The van der Waals surface area contributed by atoms with Gasteiger partial charge in [0.15, 0.2) is 5.69 Å². The fraction of sp³-hybridized carbons (Fsp3) is 0.143. The minimum absolute atomic E-state index is 0.0218. The van der Waals surface area contributed by atoms with E-state index in [-0.39, 0.29) is 18.0 Å². The van der Waals surface area contributed by atoms with Crippen molar-refractivity contribution in [2.75, 3.05) is 0 Å².